The number of hydrogen-bond acceptors (Lipinski definition) is 3. The third kappa shape index (κ3) is 2.84. The number of halogens is 1. The Morgan fingerprint density at radius 3 is 2.74 bits per heavy atom. The van der Waals surface area contributed by atoms with Crippen molar-refractivity contribution in [1.29, 1.82) is 0 Å². The predicted molar refractivity (Wildman–Crippen MR) is 83.9 cm³/mol. The first-order valence-corrected chi connectivity index (χ1v) is 7.75. The normalized spacial score (nSPS) is 20.7. The smallest absolute Gasteiger partial charge is 0.326 e. The van der Waals surface area contributed by atoms with Gasteiger partial charge in [-0.3, -0.25) is 9.69 Å². The van der Waals surface area contributed by atoms with Gasteiger partial charge in [0.1, 0.15) is 6.04 Å². The van der Waals surface area contributed by atoms with Gasteiger partial charge in [-0.1, -0.05) is 11.6 Å². The number of amides is 3. The molecule has 0 radical (unpaired) electrons. The van der Waals surface area contributed by atoms with Crippen LogP contribution in [0.5, 0.6) is 0 Å². The van der Waals surface area contributed by atoms with Crippen LogP contribution in [-0.4, -0.2) is 53.6 Å². The van der Waals surface area contributed by atoms with E-state index in [1.165, 1.54) is 9.80 Å². The second-order valence-corrected chi connectivity index (χ2v) is 5.95. The second kappa shape index (κ2) is 6.08. The van der Waals surface area contributed by atoms with Crippen LogP contribution in [0.4, 0.5) is 10.5 Å². The molecule has 23 heavy (non-hydrogen) atoms. The lowest BCUT2D eigenvalue weighted by atomic mass is 10.1. The van der Waals surface area contributed by atoms with Crippen LogP contribution < -0.4 is 10.2 Å². The summed E-state index contributed by atoms with van der Waals surface area (Å²) in [7, 11) is 0. The lowest BCUT2D eigenvalue weighted by molar-refractivity contribution is -0.141. The Balaban J connectivity index is 1.91. The molecule has 7 nitrogen and oxygen atoms in total. The highest BCUT2D eigenvalue weighted by Gasteiger charge is 2.35. The Hall–Kier alpha value is -2.28. The summed E-state index contributed by atoms with van der Waals surface area (Å²) in [6, 6.07) is 3.73. The summed E-state index contributed by atoms with van der Waals surface area (Å²) in [6.45, 7) is 1.44. The molecule has 0 aliphatic carbocycles. The first-order valence-electron chi connectivity index (χ1n) is 7.37. The average Bonchev–Trinajstić information content (AvgIpc) is 3.16. The van der Waals surface area contributed by atoms with Gasteiger partial charge in [-0.15, -0.1) is 0 Å². The Morgan fingerprint density at radius 2 is 2.09 bits per heavy atom. The van der Waals surface area contributed by atoms with Gasteiger partial charge in [0.15, 0.2) is 0 Å². The lowest BCUT2D eigenvalue weighted by Gasteiger charge is -2.23. The molecule has 2 aliphatic rings. The molecular weight excluding hydrogens is 322 g/mol. The van der Waals surface area contributed by atoms with Crippen molar-refractivity contribution in [2.24, 2.45) is 0 Å². The molecule has 2 saturated heterocycles. The number of likely N-dealkylation sites (tertiary alicyclic amines) is 1. The number of aliphatic carboxylic acids is 1. The van der Waals surface area contributed by atoms with E-state index in [9.17, 15) is 19.5 Å². The van der Waals surface area contributed by atoms with Crippen LogP contribution >= 0.6 is 11.6 Å². The second-order valence-electron chi connectivity index (χ2n) is 5.54. The van der Waals surface area contributed by atoms with E-state index in [0.29, 0.717) is 38.2 Å². The van der Waals surface area contributed by atoms with Crippen molar-refractivity contribution in [2.75, 3.05) is 24.5 Å². The molecule has 2 aliphatic heterocycles. The molecule has 8 heteroatoms. The molecule has 0 bridgehead atoms. The molecule has 2 N–H and O–H groups in total. The number of urea groups is 1. The van der Waals surface area contributed by atoms with E-state index in [0.717, 1.165) is 0 Å². The maximum atomic E-state index is 12.7. The average molecular weight is 338 g/mol. The minimum absolute atomic E-state index is 0.219. The number of carboxylic acids is 1. The summed E-state index contributed by atoms with van der Waals surface area (Å²) >= 11 is 6.13. The van der Waals surface area contributed by atoms with Gasteiger partial charge in [0, 0.05) is 25.3 Å². The van der Waals surface area contributed by atoms with Crippen molar-refractivity contribution in [3.8, 4) is 0 Å². The zero-order chi connectivity index (χ0) is 16.6. The van der Waals surface area contributed by atoms with Crippen LogP contribution in [0.2, 0.25) is 5.02 Å². The van der Waals surface area contributed by atoms with Crippen LogP contribution in [0.15, 0.2) is 18.2 Å². The van der Waals surface area contributed by atoms with Gasteiger partial charge in [-0.2, -0.15) is 0 Å². The van der Waals surface area contributed by atoms with E-state index in [1.807, 2.05) is 0 Å². The SMILES string of the molecule is O=C(O)[C@@H]1CCCN1C(=O)c1cc(N2CCNC2=O)ccc1Cl. The van der Waals surface area contributed by atoms with Gasteiger partial charge < -0.3 is 15.3 Å². The molecule has 0 saturated carbocycles. The minimum Gasteiger partial charge on any atom is -0.480 e. The van der Waals surface area contributed by atoms with Crippen LogP contribution in [0, 0.1) is 0 Å². The van der Waals surface area contributed by atoms with Crippen LogP contribution in [0.3, 0.4) is 0 Å². The van der Waals surface area contributed by atoms with Crippen LogP contribution in [-0.2, 0) is 4.79 Å². The fraction of sp³-hybridized carbons (Fsp3) is 0.400. The van der Waals surface area contributed by atoms with Gasteiger partial charge in [0.2, 0.25) is 0 Å². The number of anilines is 1. The maximum absolute atomic E-state index is 12.7. The molecule has 122 valence electrons. The predicted octanol–water partition coefficient (Wildman–Crippen LogP) is 1.56. The highest BCUT2D eigenvalue weighted by molar-refractivity contribution is 6.34. The number of hydrogen-bond donors (Lipinski definition) is 2. The van der Waals surface area contributed by atoms with Crippen molar-refractivity contribution in [1.82, 2.24) is 10.2 Å². The topological polar surface area (TPSA) is 89.9 Å². The highest BCUT2D eigenvalue weighted by Crippen LogP contribution is 2.28. The van der Waals surface area contributed by atoms with E-state index in [1.54, 1.807) is 18.2 Å². The quantitative estimate of drug-likeness (QED) is 0.875. The van der Waals surface area contributed by atoms with Crippen molar-refractivity contribution >= 4 is 35.2 Å². The summed E-state index contributed by atoms with van der Waals surface area (Å²) in [5.41, 5.74) is 0.788. The summed E-state index contributed by atoms with van der Waals surface area (Å²) in [6.07, 6.45) is 1.08. The van der Waals surface area contributed by atoms with Crippen LogP contribution in [0.25, 0.3) is 0 Å². The van der Waals surface area contributed by atoms with E-state index in [4.69, 9.17) is 11.6 Å². The van der Waals surface area contributed by atoms with Crippen molar-refractivity contribution in [2.45, 2.75) is 18.9 Å². The molecule has 1 atom stereocenters. The van der Waals surface area contributed by atoms with E-state index in [-0.39, 0.29) is 16.6 Å². The number of carbonyl (C=O) groups excluding carboxylic acids is 2. The number of benzene rings is 1. The Morgan fingerprint density at radius 1 is 1.30 bits per heavy atom. The molecule has 3 amide bonds. The number of nitrogens with zero attached hydrogens (tertiary/aromatic N) is 2. The fourth-order valence-corrected chi connectivity index (χ4v) is 3.18. The van der Waals surface area contributed by atoms with Gasteiger partial charge in [0.05, 0.1) is 10.6 Å². The van der Waals surface area contributed by atoms with E-state index >= 15 is 0 Å². The van der Waals surface area contributed by atoms with E-state index < -0.39 is 17.9 Å². The number of rotatable bonds is 3. The highest BCUT2D eigenvalue weighted by atomic mass is 35.5. The molecule has 0 aromatic heterocycles. The van der Waals surface area contributed by atoms with Crippen molar-refractivity contribution < 1.29 is 19.5 Å². The Kier molecular flexibility index (Phi) is 4.12. The number of carbonyl (C=O) groups is 3. The molecule has 0 unspecified atom stereocenters. The standard InChI is InChI=1S/C15H16ClN3O4/c16-11-4-3-9(18-7-5-17-15(18)23)8-10(11)13(20)19-6-1-2-12(19)14(21)22/h3-4,8,12H,1-2,5-7H2,(H,17,23)(H,21,22)/t12-/m0/s1. The lowest BCUT2D eigenvalue weighted by Crippen LogP contribution is -2.40. The maximum Gasteiger partial charge on any atom is 0.326 e. The first-order chi connectivity index (χ1) is 11.0. The molecule has 1 aromatic rings. The third-order valence-corrected chi connectivity index (χ3v) is 4.48. The molecule has 3 rings (SSSR count). The number of nitrogens with one attached hydrogen (secondary N) is 1. The zero-order valence-corrected chi connectivity index (χ0v) is 13.0. The zero-order valence-electron chi connectivity index (χ0n) is 12.3. The summed E-state index contributed by atoms with van der Waals surface area (Å²) in [5, 5.41) is 12.2. The van der Waals surface area contributed by atoms with Gasteiger partial charge in [0.25, 0.3) is 5.91 Å². The third-order valence-electron chi connectivity index (χ3n) is 4.15. The summed E-state index contributed by atoms with van der Waals surface area (Å²) in [5.74, 6) is -1.43. The molecule has 1 aromatic carbocycles. The van der Waals surface area contributed by atoms with E-state index in [2.05, 4.69) is 5.32 Å². The molecular formula is C15H16ClN3O4. The first kappa shape index (κ1) is 15.6. The number of carboxylic acid groups (broad SMARTS) is 1. The van der Waals surface area contributed by atoms with Gasteiger partial charge in [-0.05, 0) is 31.0 Å². The molecule has 0 spiro atoms. The van der Waals surface area contributed by atoms with Crippen molar-refractivity contribution in [3.63, 3.8) is 0 Å². The Labute approximate surface area is 137 Å². The molecule has 2 fully saturated rings. The molecule has 2 heterocycles. The monoisotopic (exact) mass is 337 g/mol. The van der Waals surface area contributed by atoms with Gasteiger partial charge in [-0.25, -0.2) is 9.59 Å². The van der Waals surface area contributed by atoms with Crippen molar-refractivity contribution in [3.05, 3.63) is 28.8 Å². The fourth-order valence-electron chi connectivity index (χ4n) is 2.98. The summed E-state index contributed by atoms with van der Waals surface area (Å²) in [4.78, 5) is 38.6. The van der Waals surface area contributed by atoms with Crippen LogP contribution in [0.1, 0.15) is 23.2 Å². The van der Waals surface area contributed by atoms with Gasteiger partial charge >= 0.3 is 12.0 Å². The minimum atomic E-state index is -1.01. The largest absolute Gasteiger partial charge is 0.480 e. The summed E-state index contributed by atoms with van der Waals surface area (Å²) < 4.78 is 0. The Bertz CT molecular complexity index is 679.